The average molecular weight is 378 g/mol. The minimum absolute atomic E-state index is 0.258. The number of hydrogen-bond donors (Lipinski definition) is 1. The summed E-state index contributed by atoms with van der Waals surface area (Å²) >= 11 is 7.04. The standard InChI is InChI=1S/C14H22Br2N2/c1-14(2,3)9-18(4)13(8-17)10-5-6-11(15)12(16)7-10/h5-7,13H,8-9,17H2,1-4H3. The zero-order valence-corrected chi connectivity index (χ0v) is 14.7. The highest BCUT2D eigenvalue weighted by Crippen LogP contribution is 2.29. The Kier molecular flexibility index (Phi) is 5.84. The molecule has 18 heavy (non-hydrogen) atoms. The topological polar surface area (TPSA) is 29.3 Å². The van der Waals surface area contributed by atoms with Crippen molar-refractivity contribution in [3.8, 4) is 0 Å². The number of hydrogen-bond acceptors (Lipinski definition) is 2. The fraction of sp³-hybridized carbons (Fsp3) is 0.571. The average Bonchev–Trinajstić information content (AvgIpc) is 2.21. The summed E-state index contributed by atoms with van der Waals surface area (Å²) in [6, 6.07) is 6.59. The lowest BCUT2D eigenvalue weighted by Crippen LogP contribution is -2.36. The van der Waals surface area contributed by atoms with Crippen LogP contribution in [0.1, 0.15) is 32.4 Å². The summed E-state index contributed by atoms with van der Waals surface area (Å²) < 4.78 is 2.14. The van der Waals surface area contributed by atoms with E-state index in [9.17, 15) is 0 Å². The lowest BCUT2D eigenvalue weighted by Gasteiger charge is -2.33. The van der Waals surface area contributed by atoms with Crippen LogP contribution in [0.5, 0.6) is 0 Å². The minimum Gasteiger partial charge on any atom is -0.329 e. The summed E-state index contributed by atoms with van der Waals surface area (Å²) in [5.74, 6) is 0. The Morgan fingerprint density at radius 1 is 1.22 bits per heavy atom. The maximum atomic E-state index is 5.94. The minimum atomic E-state index is 0.258. The van der Waals surface area contributed by atoms with E-state index in [0.29, 0.717) is 6.54 Å². The molecule has 0 radical (unpaired) electrons. The van der Waals surface area contributed by atoms with Gasteiger partial charge in [-0.05, 0) is 62.0 Å². The molecule has 2 N–H and O–H groups in total. The van der Waals surface area contributed by atoms with Crippen LogP contribution in [0.4, 0.5) is 0 Å². The lowest BCUT2D eigenvalue weighted by molar-refractivity contribution is 0.175. The Morgan fingerprint density at radius 2 is 1.83 bits per heavy atom. The van der Waals surface area contributed by atoms with Crippen LogP contribution in [0, 0.1) is 5.41 Å². The van der Waals surface area contributed by atoms with E-state index < -0.39 is 0 Å². The van der Waals surface area contributed by atoms with Crippen molar-refractivity contribution in [2.24, 2.45) is 11.1 Å². The summed E-state index contributed by atoms with van der Waals surface area (Å²) in [7, 11) is 2.14. The highest BCUT2D eigenvalue weighted by atomic mass is 79.9. The van der Waals surface area contributed by atoms with E-state index in [2.05, 4.69) is 82.8 Å². The molecule has 0 bridgehead atoms. The summed E-state index contributed by atoms with van der Waals surface area (Å²) in [4.78, 5) is 2.33. The number of halogens is 2. The molecule has 0 heterocycles. The molecular formula is C14H22Br2N2. The molecule has 1 atom stereocenters. The third-order valence-electron chi connectivity index (χ3n) is 2.81. The van der Waals surface area contributed by atoms with E-state index in [1.807, 2.05) is 0 Å². The van der Waals surface area contributed by atoms with Crippen LogP contribution in [-0.4, -0.2) is 25.0 Å². The Hall–Kier alpha value is 0.1000. The normalized spacial score (nSPS) is 14.0. The molecule has 0 aromatic heterocycles. The number of rotatable bonds is 4. The van der Waals surface area contributed by atoms with Crippen LogP contribution >= 0.6 is 31.9 Å². The Balaban J connectivity index is 2.91. The second-order valence-corrected chi connectivity index (χ2v) is 7.61. The van der Waals surface area contributed by atoms with Crippen molar-refractivity contribution < 1.29 is 0 Å². The quantitative estimate of drug-likeness (QED) is 0.852. The van der Waals surface area contributed by atoms with Crippen molar-refractivity contribution in [3.05, 3.63) is 32.7 Å². The Bertz CT molecular complexity index is 399. The fourth-order valence-corrected chi connectivity index (χ4v) is 2.79. The van der Waals surface area contributed by atoms with Gasteiger partial charge in [-0.25, -0.2) is 0 Å². The van der Waals surface area contributed by atoms with Gasteiger partial charge in [0.2, 0.25) is 0 Å². The number of nitrogens with zero attached hydrogens (tertiary/aromatic N) is 1. The van der Waals surface area contributed by atoms with Crippen molar-refractivity contribution in [1.82, 2.24) is 4.90 Å². The van der Waals surface area contributed by atoms with Crippen molar-refractivity contribution >= 4 is 31.9 Å². The molecule has 0 fully saturated rings. The molecule has 2 nitrogen and oxygen atoms in total. The van der Waals surface area contributed by atoms with Crippen molar-refractivity contribution in [2.45, 2.75) is 26.8 Å². The predicted octanol–water partition coefficient (Wildman–Crippen LogP) is 4.19. The van der Waals surface area contributed by atoms with Gasteiger partial charge in [0.1, 0.15) is 0 Å². The van der Waals surface area contributed by atoms with Gasteiger partial charge < -0.3 is 5.73 Å². The van der Waals surface area contributed by atoms with Crippen molar-refractivity contribution in [2.75, 3.05) is 20.1 Å². The summed E-state index contributed by atoms with van der Waals surface area (Å²) in [6.45, 7) is 8.38. The monoisotopic (exact) mass is 376 g/mol. The summed E-state index contributed by atoms with van der Waals surface area (Å²) in [6.07, 6.45) is 0. The van der Waals surface area contributed by atoms with Gasteiger partial charge in [0.05, 0.1) is 0 Å². The second-order valence-electron chi connectivity index (χ2n) is 5.90. The summed E-state index contributed by atoms with van der Waals surface area (Å²) in [5, 5.41) is 0. The van der Waals surface area contributed by atoms with Gasteiger partial charge in [0, 0.05) is 28.1 Å². The Labute approximate surface area is 127 Å². The summed E-state index contributed by atoms with van der Waals surface area (Å²) in [5.41, 5.74) is 7.47. The molecule has 0 saturated carbocycles. The van der Waals surface area contributed by atoms with Gasteiger partial charge in [0.25, 0.3) is 0 Å². The third kappa shape index (κ3) is 4.65. The van der Waals surface area contributed by atoms with Gasteiger partial charge >= 0.3 is 0 Å². The van der Waals surface area contributed by atoms with Crippen molar-refractivity contribution in [3.63, 3.8) is 0 Å². The van der Waals surface area contributed by atoms with Gasteiger partial charge in [0.15, 0.2) is 0 Å². The highest BCUT2D eigenvalue weighted by Gasteiger charge is 2.21. The number of likely N-dealkylation sites (N-methyl/N-ethyl adjacent to an activating group) is 1. The third-order valence-corrected chi connectivity index (χ3v) is 4.69. The molecule has 4 heteroatoms. The van der Waals surface area contributed by atoms with Gasteiger partial charge in [-0.1, -0.05) is 26.8 Å². The molecule has 0 aliphatic heterocycles. The molecule has 1 aromatic carbocycles. The number of nitrogens with two attached hydrogens (primary N) is 1. The van der Waals surface area contributed by atoms with E-state index in [1.54, 1.807) is 0 Å². The molecule has 1 rings (SSSR count). The van der Waals surface area contributed by atoms with Crippen LogP contribution in [0.25, 0.3) is 0 Å². The lowest BCUT2D eigenvalue weighted by atomic mass is 9.94. The zero-order chi connectivity index (χ0) is 13.9. The molecular weight excluding hydrogens is 356 g/mol. The first-order valence-corrected chi connectivity index (χ1v) is 7.68. The molecule has 0 aliphatic rings. The zero-order valence-electron chi connectivity index (χ0n) is 11.5. The maximum Gasteiger partial charge on any atom is 0.0468 e. The molecule has 102 valence electrons. The maximum absolute atomic E-state index is 5.94. The van der Waals surface area contributed by atoms with Crippen molar-refractivity contribution in [1.29, 1.82) is 0 Å². The van der Waals surface area contributed by atoms with E-state index in [0.717, 1.165) is 15.5 Å². The predicted molar refractivity (Wildman–Crippen MR) is 85.7 cm³/mol. The van der Waals surface area contributed by atoms with Crippen LogP contribution in [0.15, 0.2) is 27.1 Å². The smallest absolute Gasteiger partial charge is 0.0468 e. The van der Waals surface area contributed by atoms with Crippen LogP contribution < -0.4 is 5.73 Å². The van der Waals surface area contributed by atoms with Gasteiger partial charge in [-0.2, -0.15) is 0 Å². The Morgan fingerprint density at radius 3 is 2.28 bits per heavy atom. The second kappa shape index (κ2) is 6.51. The van der Waals surface area contributed by atoms with Gasteiger partial charge in [-0.3, -0.25) is 4.90 Å². The van der Waals surface area contributed by atoms with Crippen LogP contribution in [0.3, 0.4) is 0 Å². The van der Waals surface area contributed by atoms with E-state index in [1.165, 1.54) is 5.56 Å². The van der Waals surface area contributed by atoms with Crippen LogP contribution in [0.2, 0.25) is 0 Å². The van der Waals surface area contributed by atoms with E-state index in [4.69, 9.17) is 5.73 Å². The highest BCUT2D eigenvalue weighted by molar-refractivity contribution is 9.13. The van der Waals surface area contributed by atoms with E-state index in [-0.39, 0.29) is 11.5 Å². The molecule has 0 amide bonds. The molecule has 0 spiro atoms. The SMILES string of the molecule is CN(CC(C)(C)C)C(CN)c1ccc(Br)c(Br)c1. The largest absolute Gasteiger partial charge is 0.329 e. The fourth-order valence-electron chi connectivity index (χ4n) is 2.15. The van der Waals surface area contributed by atoms with Gasteiger partial charge in [-0.15, -0.1) is 0 Å². The molecule has 1 aromatic rings. The number of benzene rings is 1. The van der Waals surface area contributed by atoms with E-state index >= 15 is 0 Å². The first-order chi connectivity index (χ1) is 8.24. The van der Waals surface area contributed by atoms with Crippen LogP contribution in [-0.2, 0) is 0 Å². The first kappa shape index (κ1) is 16.2. The molecule has 0 aliphatic carbocycles. The first-order valence-electron chi connectivity index (χ1n) is 6.10. The molecule has 1 unspecified atom stereocenters. The molecule has 0 saturated heterocycles.